The fraction of sp³-hybridized carbons (Fsp3) is 0.727. The molecule has 0 aromatic heterocycles. The summed E-state index contributed by atoms with van der Waals surface area (Å²) < 4.78 is 13.4. The normalized spacial score (nSPS) is 40.9. The molecule has 0 spiro atoms. The van der Waals surface area contributed by atoms with Crippen LogP contribution in [0.4, 0.5) is 4.39 Å². The van der Waals surface area contributed by atoms with Gasteiger partial charge in [-0.05, 0) is 30.8 Å². The zero-order valence-corrected chi connectivity index (χ0v) is 8.24. The summed E-state index contributed by atoms with van der Waals surface area (Å²) in [6.07, 6.45) is 3.97. The minimum Gasteiger partial charge on any atom is -0.481 e. The lowest BCUT2D eigenvalue weighted by Crippen LogP contribution is -2.42. The van der Waals surface area contributed by atoms with Crippen LogP contribution in [0, 0.1) is 23.7 Å². The van der Waals surface area contributed by atoms with Crippen molar-refractivity contribution >= 4 is 5.97 Å². The highest BCUT2D eigenvalue weighted by molar-refractivity contribution is 5.72. The monoisotopic (exact) mass is 198 g/mol. The van der Waals surface area contributed by atoms with Crippen LogP contribution in [0.1, 0.15) is 26.2 Å². The topological polar surface area (TPSA) is 37.3 Å². The Hall–Kier alpha value is -0.860. The van der Waals surface area contributed by atoms with E-state index in [1.807, 2.05) is 6.92 Å². The molecule has 1 saturated carbocycles. The van der Waals surface area contributed by atoms with Gasteiger partial charge < -0.3 is 5.11 Å². The van der Waals surface area contributed by atoms with Crippen molar-refractivity contribution in [1.82, 2.24) is 0 Å². The zero-order chi connectivity index (χ0) is 10.3. The van der Waals surface area contributed by atoms with E-state index < -0.39 is 5.97 Å². The van der Waals surface area contributed by atoms with Gasteiger partial charge in [-0.3, -0.25) is 4.79 Å². The van der Waals surface area contributed by atoms with E-state index in [-0.39, 0.29) is 29.5 Å². The minimum absolute atomic E-state index is 0.0104. The van der Waals surface area contributed by atoms with Crippen molar-refractivity contribution < 1.29 is 14.3 Å². The van der Waals surface area contributed by atoms with Gasteiger partial charge in [-0.2, -0.15) is 0 Å². The standard InChI is InChI=1S/C11H15FO2/c1-2-7-8-4-3-6(5-9(8)12)10(7)11(13)14/h5-8,10H,2-4H2,1H3,(H,13,14). The number of halogens is 1. The van der Waals surface area contributed by atoms with Gasteiger partial charge >= 0.3 is 5.97 Å². The molecule has 0 aliphatic heterocycles. The molecule has 14 heavy (non-hydrogen) atoms. The quantitative estimate of drug-likeness (QED) is 0.740. The van der Waals surface area contributed by atoms with Crippen LogP contribution in [0.25, 0.3) is 0 Å². The van der Waals surface area contributed by atoms with Crippen LogP contribution in [0.3, 0.4) is 0 Å². The van der Waals surface area contributed by atoms with Crippen LogP contribution in [0.2, 0.25) is 0 Å². The molecule has 1 N–H and O–H groups in total. The third-order valence-electron chi connectivity index (χ3n) is 3.73. The van der Waals surface area contributed by atoms with Crippen molar-refractivity contribution in [2.75, 3.05) is 0 Å². The average molecular weight is 198 g/mol. The van der Waals surface area contributed by atoms with E-state index in [4.69, 9.17) is 5.11 Å². The third-order valence-corrected chi connectivity index (χ3v) is 3.73. The maximum absolute atomic E-state index is 13.4. The first-order valence-corrected chi connectivity index (χ1v) is 5.25. The van der Waals surface area contributed by atoms with Crippen molar-refractivity contribution in [2.45, 2.75) is 26.2 Å². The summed E-state index contributed by atoms with van der Waals surface area (Å²) in [5.41, 5.74) is 0. The molecule has 3 rings (SSSR count). The SMILES string of the molecule is CCC1C2CCC(C=C2F)C1C(=O)O. The summed E-state index contributed by atoms with van der Waals surface area (Å²) in [6.45, 7) is 1.95. The van der Waals surface area contributed by atoms with Gasteiger partial charge in [0.1, 0.15) is 0 Å². The fourth-order valence-electron chi connectivity index (χ4n) is 3.10. The van der Waals surface area contributed by atoms with Crippen LogP contribution >= 0.6 is 0 Å². The molecule has 0 heterocycles. The van der Waals surface area contributed by atoms with Crippen LogP contribution < -0.4 is 0 Å². The Kier molecular flexibility index (Phi) is 2.33. The van der Waals surface area contributed by atoms with E-state index in [9.17, 15) is 9.18 Å². The predicted molar refractivity (Wildman–Crippen MR) is 50.3 cm³/mol. The number of hydrogen-bond donors (Lipinski definition) is 1. The minimum atomic E-state index is -0.754. The van der Waals surface area contributed by atoms with E-state index >= 15 is 0 Å². The summed E-state index contributed by atoms with van der Waals surface area (Å²) in [6, 6.07) is 0. The second kappa shape index (κ2) is 3.37. The van der Waals surface area contributed by atoms with E-state index in [0.717, 1.165) is 19.3 Å². The second-order valence-electron chi connectivity index (χ2n) is 4.34. The lowest BCUT2D eigenvalue weighted by Gasteiger charge is -2.43. The molecule has 0 radical (unpaired) electrons. The van der Waals surface area contributed by atoms with Crippen molar-refractivity contribution in [3.05, 3.63) is 11.9 Å². The largest absolute Gasteiger partial charge is 0.481 e. The summed E-state index contributed by atoms with van der Waals surface area (Å²) in [5, 5.41) is 9.10. The van der Waals surface area contributed by atoms with Gasteiger partial charge in [0.15, 0.2) is 0 Å². The number of hydrogen-bond acceptors (Lipinski definition) is 1. The van der Waals surface area contributed by atoms with Crippen molar-refractivity contribution in [3.8, 4) is 0 Å². The average Bonchev–Trinajstić information content (AvgIpc) is 2.16. The van der Waals surface area contributed by atoms with E-state index in [0.29, 0.717) is 0 Å². The molecule has 0 aromatic carbocycles. The van der Waals surface area contributed by atoms with Crippen LogP contribution in [-0.4, -0.2) is 11.1 Å². The molecule has 1 fully saturated rings. The van der Waals surface area contributed by atoms with Gasteiger partial charge in [0.05, 0.1) is 11.7 Å². The van der Waals surface area contributed by atoms with E-state index in [1.54, 1.807) is 6.08 Å². The highest BCUT2D eigenvalue weighted by Gasteiger charge is 2.47. The van der Waals surface area contributed by atoms with Gasteiger partial charge in [0.2, 0.25) is 0 Å². The molecule has 2 bridgehead atoms. The first-order chi connectivity index (χ1) is 6.65. The summed E-state index contributed by atoms with van der Waals surface area (Å²) in [7, 11) is 0. The Balaban J connectivity index is 2.32. The molecular formula is C11H15FO2. The first-order valence-electron chi connectivity index (χ1n) is 5.25. The number of carboxylic acids is 1. The molecular weight excluding hydrogens is 183 g/mol. The van der Waals surface area contributed by atoms with Crippen molar-refractivity contribution in [1.29, 1.82) is 0 Å². The van der Waals surface area contributed by atoms with Crippen LogP contribution in [0.5, 0.6) is 0 Å². The summed E-state index contributed by atoms with van der Waals surface area (Å²) in [5.74, 6) is -1.34. The van der Waals surface area contributed by atoms with E-state index in [1.165, 1.54) is 0 Å². The molecule has 3 aliphatic rings. The molecule has 78 valence electrons. The number of rotatable bonds is 2. The lowest BCUT2D eigenvalue weighted by molar-refractivity contribution is -0.148. The van der Waals surface area contributed by atoms with Crippen molar-refractivity contribution in [2.24, 2.45) is 23.7 Å². The molecule has 0 aromatic rings. The van der Waals surface area contributed by atoms with Crippen LogP contribution in [0.15, 0.2) is 11.9 Å². The van der Waals surface area contributed by atoms with Crippen molar-refractivity contribution in [3.63, 3.8) is 0 Å². The predicted octanol–water partition coefficient (Wildman–Crippen LogP) is 2.61. The molecule has 0 amide bonds. The Morgan fingerprint density at radius 1 is 1.64 bits per heavy atom. The maximum atomic E-state index is 13.4. The molecule has 4 unspecified atom stereocenters. The highest BCUT2D eigenvalue weighted by Crippen LogP contribution is 2.49. The zero-order valence-electron chi connectivity index (χ0n) is 8.24. The first kappa shape index (κ1) is 9.69. The highest BCUT2D eigenvalue weighted by atomic mass is 19.1. The number of carbonyl (C=O) groups is 1. The second-order valence-corrected chi connectivity index (χ2v) is 4.34. The number of allylic oxidation sites excluding steroid dienone is 2. The Morgan fingerprint density at radius 3 is 2.86 bits per heavy atom. The third kappa shape index (κ3) is 1.26. The molecule has 3 heteroatoms. The number of carboxylic acid groups (broad SMARTS) is 1. The summed E-state index contributed by atoms with van der Waals surface area (Å²) >= 11 is 0. The van der Waals surface area contributed by atoms with Gasteiger partial charge in [0.25, 0.3) is 0 Å². The van der Waals surface area contributed by atoms with Gasteiger partial charge in [-0.15, -0.1) is 0 Å². The maximum Gasteiger partial charge on any atom is 0.307 e. The Labute approximate surface area is 82.8 Å². The van der Waals surface area contributed by atoms with Gasteiger partial charge in [0, 0.05) is 5.92 Å². The fourth-order valence-corrected chi connectivity index (χ4v) is 3.10. The Morgan fingerprint density at radius 2 is 2.36 bits per heavy atom. The van der Waals surface area contributed by atoms with Gasteiger partial charge in [-0.1, -0.05) is 13.3 Å². The molecule has 4 atom stereocenters. The number of aliphatic carboxylic acids is 1. The smallest absolute Gasteiger partial charge is 0.307 e. The number of fused-ring (bicyclic) bond motifs is 2. The summed E-state index contributed by atoms with van der Waals surface area (Å²) in [4.78, 5) is 11.1. The lowest BCUT2D eigenvalue weighted by atomic mass is 9.61. The van der Waals surface area contributed by atoms with Gasteiger partial charge in [-0.25, -0.2) is 4.39 Å². The molecule has 3 aliphatic carbocycles. The Bertz CT molecular complexity index is 285. The van der Waals surface area contributed by atoms with Crippen LogP contribution in [-0.2, 0) is 4.79 Å². The molecule has 0 saturated heterocycles. The van der Waals surface area contributed by atoms with E-state index in [2.05, 4.69) is 0 Å². The molecule has 2 nitrogen and oxygen atoms in total.